The van der Waals surface area contributed by atoms with Crippen LogP contribution in [-0.4, -0.2) is 9.55 Å². The van der Waals surface area contributed by atoms with Gasteiger partial charge in [-0.3, -0.25) is 4.98 Å². The SMILES string of the molecule is C1=C\C=C\C=C(c2ccc(-c3ccc4c5c6ccccc6c(-c6ccc(-c7ccccn7)cc6)cc5n(-c5ccccc5)c4c3)cc2)\C=C/1. The van der Waals surface area contributed by atoms with Crippen molar-refractivity contribution in [1.29, 1.82) is 0 Å². The largest absolute Gasteiger partial charge is 0.309 e. The minimum absolute atomic E-state index is 0.979. The van der Waals surface area contributed by atoms with Gasteiger partial charge in [-0.2, -0.15) is 0 Å². The summed E-state index contributed by atoms with van der Waals surface area (Å²) >= 11 is 0. The summed E-state index contributed by atoms with van der Waals surface area (Å²) in [7, 11) is 0. The smallest absolute Gasteiger partial charge is 0.0701 e. The van der Waals surface area contributed by atoms with E-state index in [2.05, 4.69) is 179 Å². The van der Waals surface area contributed by atoms with E-state index in [0.717, 1.165) is 16.9 Å². The van der Waals surface area contributed by atoms with Gasteiger partial charge in [-0.1, -0.05) is 152 Å². The van der Waals surface area contributed by atoms with Crippen molar-refractivity contribution in [2.24, 2.45) is 0 Å². The van der Waals surface area contributed by atoms with Gasteiger partial charge in [0.25, 0.3) is 0 Å². The molecule has 0 saturated heterocycles. The molecule has 2 heterocycles. The number of hydrogen-bond acceptors (Lipinski definition) is 1. The van der Waals surface area contributed by atoms with Gasteiger partial charge in [0.05, 0.1) is 16.7 Å². The molecule has 2 nitrogen and oxygen atoms in total. The summed E-state index contributed by atoms with van der Waals surface area (Å²) in [6.45, 7) is 0. The van der Waals surface area contributed by atoms with Gasteiger partial charge in [0.1, 0.15) is 0 Å². The maximum absolute atomic E-state index is 4.56. The molecule has 2 heteroatoms. The number of hydrogen-bond donors (Lipinski definition) is 0. The molecule has 0 aliphatic heterocycles. The predicted octanol–water partition coefficient (Wildman–Crippen LogP) is 12.4. The minimum Gasteiger partial charge on any atom is -0.309 e. The van der Waals surface area contributed by atoms with Gasteiger partial charge < -0.3 is 4.57 Å². The van der Waals surface area contributed by atoms with E-state index in [1.165, 1.54) is 66.0 Å². The molecule has 0 atom stereocenters. The molecule has 8 aromatic rings. The number of aromatic nitrogens is 2. The van der Waals surface area contributed by atoms with Crippen LogP contribution in [0, 0.1) is 0 Å². The van der Waals surface area contributed by atoms with Crippen LogP contribution in [0.2, 0.25) is 0 Å². The standard InChI is InChI=1S/C47H32N2/c1-2-5-13-33(14-6-3-1)34-20-22-35(23-21-34)38-28-29-42-45(31-38)49(39-15-7-4-8-16-39)46-32-43(40-17-9-10-18-41(40)47(42)46)36-24-26-37(27-25-36)44-19-11-12-30-48-44/h1-32H/b2-1-,3-1?,5-2?,6-3+,13-5-,14-6?,33-13?,33-14-. The number of nitrogens with zero attached hydrogens (tertiary/aromatic N) is 2. The first-order chi connectivity index (χ1) is 24.3. The number of allylic oxidation sites excluding steroid dienone is 8. The minimum atomic E-state index is 0.979. The fraction of sp³-hybridized carbons (Fsp3) is 0. The molecule has 0 spiro atoms. The summed E-state index contributed by atoms with van der Waals surface area (Å²) in [5, 5.41) is 5.02. The Morgan fingerprint density at radius 1 is 0.429 bits per heavy atom. The van der Waals surface area contributed by atoms with Gasteiger partial charge in [0.15, 0.2) is 0 Å². The lowest BCUT2D eigenvalue weighted by Crippen LogP contribution is -1.94. The Labute approximate surface area is 285 Å². The molecule has 0 unspecified atom stereocenters. The Kier molecular flexibility index (Phi) is 7.18. The summed E-state index contributed by atoms with van der Waals surface area (Å²) in [5.41, 5.74) is 12.8. The number of pyridine rings is 1. The van der Waals surface area contributed by atoms with Crippen LogP contribution < -0.4 is 0 Å². The molecule has 2 aromatic heterocycles. The molecule has 230 valence electrons. The van der Waals surface area contributed by atoms with Gasteiger partial charge in [0, 0.05) is 28.2 Å². The summed E-state index contributed by atoms with van der Waals surface area (Å²) in [5.74, 6) is 0. The number of benzene rings is 6. The van der Waals surface area contributed by atoms with Crippen molar-refractivity contribution in [2.75, 3.05) is 0 Å². The Morgan fingerprint density at radius 2 is 1.10 bits per heavy atom. The van der Waals surface area contributed by atoms with E-state index in [-0.39, 0.29) is 0 Å². The number of fused-ring (bicyclic) bond motifs is 5. The van der Waals surface area contributed by atoms with Crippen molar-refractivity contribution >= 4 is 38.2 Å². The Balaban J connectivity index is 1.23. The quantitative estimate of drug-likeness (QED) is 0.186. The number of rotatable bonds is 5. The summed E-state index contributed by atoms with van der Waals surface area (Å²) in [6.07, 6.45) is 16.5. The van der Waals surface area contributed by atoms with Crippen LogP contribution in [0.25, 0.3) is 77.3 Å². The Hall–Kier alpha value is -6.51. The topological polar surface area (TPSA) is 17.8 Å². The lowest BCUT2D eigenvalue weighted by Gasteiger charge is -2.13. The lowest BCUT2D eigenvalue weighted by molar-refractivity contribution is 1.18. The van der Waals surface area contributed by atoms with Crippen LogP contribution in [0.3, 0.4) is 0 Å². The summed E-state index contributed by atoms with van der Waals surface area (Å²) in [6, 6.07) is 52.7. The molecule has 0 radical (unpaired) electrons. The fourth-order valence-electron chi connectivity index (χ4n) is 7.12. The highest BCUT2D eigenvalue weighted by molar-refractivity contribution is 6.24. The van der Waals surface area contributed by atoms with Gasteiger partial charge >= 0.3 is 0 Å². The average Bonchev–Trinajstić information content (AvgIpc) is 3.49. The van der Waals surface area contributed by atoms with Crippen LogP contribution >= 0.6 is 0 Å². The van der Waals surface area contributed by atoms with Crippen LogP contribution in [0.1, 0.15) is 5.56 Å². The Bertz CT molecular complexity index is 2600. The average molecular weight is 625 g/mol. The van der Waals surface area contributed by atoms with Gasteiger partial charge in [-0.15, -0.1) is 0 Å². The highest BCUT2D eigenvalue weighted by Crippen LogP contribution is 2.42. The molecule has 0 N–H and O–H groups in total. The molecule has 0 bridgehead atoms. The van der Waals surface area contributed by atoms with Crippen molar-refractivity contribution in [3.05, 3.63) is 200 Å². The number of para-hydroxylation sites is 1. The molecule has 1 aliphatic carbocycles. The van der Waals surface area contributed by atoms with E-state index in [0.29, 0.717) is 0 Å². The monoisotopic (exact) mass is 624 g/mol. The zero-order valence-electron chi connectivity index (χ0n) is 26.9. The second kappa shape index (κ2) is 12.3. The molecule has 1 aliphatic rings. The first kappa shape index (κ1) is 28.7. The van der Waals surface area contributed by atoms with Crippen LogP contribution in [-0.2, 0) is 0 Å². The molecule has 0 amide bonds. The third kappa shape index (κ3) is 5.21. The van der Waals surface area contributed by atoms with Gasteiger partial charge in [-0.05, 0) is 80.6 Å². The molecule has 0 saturated carbocycles. The van der Waals surface area contributed by atoms with Crippen molar-refractivity contribution in [3.63, 3.8) is 0 Å². The van der Waals surface area contributed by atoms with E-state index >= 15 is 0 Å². The van der Waals surface area contributed by atoms with Gasteiger partial charge in [0.2, 0.25) is 0 Å². The van der Waals surface area contributed by atoms with Gasteiger partial charge in [-0.25, -0.2) is 0 Å². The van der Waals surface area contributed by atoms with E-state index in [1.54, 1.807) is 0 Å². The van der Waals surface area contributed by atoms with E-state index in [9.17, 15) is 0 Å². The lowest BCUT2D eigenvalue weighted by atomic mass is 9.93. The normalized spacial score (nSPS) is 15.8. The zero-order valence-corrected chi connectivity index (χ0v) is 26.9. The first-order valence-corrected chi connectivity index (χ1v) is 16.7. The third-order valence-corrected chi connectivity index (χ3v) is 9.49. The van der Waals surface area contributed by atoms with Crippen molar-refractivity contribution < 1.29 is 0 Å². The molecule has 9 rings (SSSR count). The fourth-order valence-corrected chi connectivity index (χ4v) is 7.12. The highest BCUT2D eigenvalue weighted by Gasteiger charge is 2.19. The van der Waals surface area contributed by atoms with E-state index in [1.807, 2.05) is 24.4 Å². The third-order valence-electron chi connectivity index (χ3n) is 9.49. The predicted molar refractivity (Wildman–Crippen MR) is 208 cm³/mol. The zero-order chi connectivity index (χ0) is 32.6. The molecular weight excluding hydrogens is 593 g/mol. The maximum Gasteiger partial charge on any atom is 0.0701 e. The molecular formula is C47H32N2. The second-order valence-electron chi connectivity index (χ2n) is 12.4. The van der Waals surface area contributed by atoms with E-state index in [4.69, 9.17) is 0 Å². The Morgan fingerprint density at radius 3 is 1.92 bits per heavy atom. The van der Waals surface area contributed by atoms with Crippen molar-refractivity contribution in [2.45, 2.75) is 0 Å². The van der Waals surface area contributed by atoms with Crippen LogP contribution in [0.5, 0.6) is 0 Å². The second-order valence-corrected chi connectivity index (χ2v) is 12.4. The highest BCUT2D eigenvalue weighted by atomic mass is 15.0. The first-order valence-electron chi connectivity index (χ1n) is 16.7. The summed E-state index contributed by atoms with van der Waals surface area (Å²) < 4.78 is 2.44. The van der Waals surface area contributed by atoms with Crippen LogP contribution in [0.15, 0.2) is 194 Å². The summed E-state index contributed by atoms with van der Waals surface area (Å²) in [4.78, 5) is 4.56. The molecule has 49 heavy (non-hydrogen) atoms. The molecule has 6 aromatic carbocycles. The maximum atomic E-state index is 4.56. The van der Waals surface area contributed by atoms with Crippen molar-refractivity contribution in [1.82, 2.24) is 9.55 Å². The van der Waals surface area contributed by atoms with Crippen molar-refractivity contribution in [3.8, 4) is 39.2 Å². The molecule has 0 fully saturated rings. The van der Waals surface area contributed by atoms with E-state index < -0.39 is 0 Å². The van der Waals surface area contributed by atoms with Crippen LogP contribution in [0.4, 0.5) is 0 Å².